The Kier molecular flexibility index (Phi) is 4.58. The van der Waals surface area contributed by atoms with Gasteiger partial charge in [0, 0.05) is 18.1 Å². The summed E-state index contributed by atoms with van der Waals surface area (Å²) in [5.74, 6) is 1.72. The van der Waals surface area contributed by atoms with E-state index in [0.717, 1.165) is 13.1 Å². The van der Waals surface area contributed by atoms with Gasteiger partial charge < -0.3 is 9.64 Å². The second kappa shape index (κ2) is 6.02. The maximum atomic E-state index is 11.9. The van der Waals surface area contributed by atoms with Gasteiger partial charge in [-0.25, -0.2) is 0 Å². The molecule has 1 aliphatic rings. The van der Waals surface area contributed by atoms with E-state index in [-0.39, 0.29) is 12.5 Å². The van der Waals surface area contributed by atoms with Crippen molar-refractivity contribution in [1.29, 1.82) is 0 Å². The minimum Gasteiger partial charge on any atom is -0.482 e. The van der Waals surface area contributed by atoms with Crippen LogP contribution in [0.15, 0.2) is 18.2 Å². The minimum absolute atomic E-state index is 0.00270. The first-order valence-electron chi connectivity index (χ1n) is 6.33. The molecule has 5 heteroatoms. The van der Waals surface area contributed by atoms with Crippen molar-refractivity contribution in [3.05, 3.63) is 28.2 Å². The summed E-state index contributed by atoms with van der Waals surface area (Å²) in [6.45, 7) is 6.03. The number of carbonyl (C=O) groups is 1. The summed E-state index contributed by atoms with van der Waals surface area (Å²) in [4.78, 5) is 13.7. The highest BCUT2D eigenvalue weighted by molar-refractivity contribution is 6.35. The van der Waals surface area contributed by atoms with Gasteiger partial charge in [0.1, 0.15) is 5.75 Å². The number of rotatable bonds is 4. The van der Waals surface area contributed by atoms with Gasteiger partial charge in [-0.05, 0) is 30.0 Å². The molecule has 104 valence electrons. The molecule has 1 aliphatic heterocycles. The Balaban J connectivity index is 1.81. The summed E-state index contributed by atoms with van der Waals surface area (Å²) >= 11 is 11.8. The topological polar surface area (TPSA) is 29.5 Å². The fraction of sp³-hybridized carbons (Fsp3) is 0.500. The van der Waals surface area contributed by atoms with E-state index in [2.05, 4.69) is 13.8 Å². The van der Waals surface area contributed by atoms with Gasteiger partial charge in [-0.1, -0.05) is 37.0 Å². The minimum atomic E-state index is 0.00270. The molecule has 1 aromatic carbocycles. The first-order valence-corrected chi connectivity index (χ1v) is 7.08. The lowest BCUT2D eigenvalue weighted by molar-refractivity contribution is -0.140. The summed E-state index contributed by atoms with van der Waals surface area (Å²) in [6, 6.07) is 4.96. The van der Waals surface area contributed by atoms with E-state index >= 15 is 0 Å². The maximum absolute atomic E-state index is 11.9. The Hall–Kier alpha value is -0.930. The predicted molar refractivity (Wildman–Crippen MR) is 76.9 cm³/mol. The molecule has 0 aliphatic carbocycles. The van der Waals surface area contributed by atoms with E-state index in [0.29, 0.717) is 27.6 Å². The Bertz CT molecular complexity index is 471. The molecule has 1 fully saturated rings. The summed E-state index contributed by atoms with van der Waals surface area (Å²) in [7, 11) is 0. The molecule has 0 atom stereocenters. The molecule has 0 unspecified atom stereocenters. The standard InChI is InChI=1S/C14H17Cl2NO2/c1-9(2)10-6-17(7-10)14(18)8-19-13-4-3-11(15)5-12(13)16/h3-5,9-10H,6-8H2,1-2H3. The molecular weight excluding hydrogens is 285 g/mol. The zero-order valence-corrected chi connectivity index (χ0v) is 12.5. The third kappa shape index (κ3) is 3.54. The normalized spacial score (nSPS) is 15.5. The third-order valence-corrected chi connectivity index (χ3v) is 3.98. The molecular formula is C14H17Cl2NO2. The van der Waals surface area contributed by atoms with Gasteiger partial charge in [0.05, 0.1) is 5.02 Å². The van der Waals surface area contributed by atoms with Gasteiger partial charge in [-0.2, -0.15) is 0 Å². The van der Waals surface area contributed by atoms with Crippen LogP contribution >= 0.6 is 23.2 Å². The average Bonchev–Trinajstić information content (AvgIpc) is 2.25. The molecule has 0 N–H and O–H groups in total. The summed E-state index contributed by atoms with van der Waals surface area (Å²) < 4.78 is 5.42. The van der Waals surface area contributed by atoms with Crippen molar-refractivity contribution >= 4 is 29.1 Å². The highest BCUT2D eigenvalue weighted by atomic mass is 35.5. The highest BCUT2D eigenvalue weighted by Crippen LogP contribution is 2.28. The summed E-state index contributed by atoms with van der Waals surface area (Å²) in [6.07, 6.45) is 0. The van der Waals surface area contributed by atoms with Crippen LogP contribution < -0.4 is 4.74 Å². The van der Waals surface area contributed by atoms with E-state index in [9.17, 15) is 4.79 Å². The number of amides is 1. The number of hydrogen-bond acceptors (Lipinski definition) is 2. The summed E-state index contributed by atoms with van der Waals surface area (Å²) in [5, 5.41) is 0.968. The maximum Gasteiger partial charge on any atom is 0.260 e. The van der Waals surface area contributed by atoms with Gasteiger partial charge in [0.15, 0.2) is 6.61 Å². The van der Waals surface area contributed by atoms with Crippen molar-refractivity contribution in [1.82, 2.24) is 4.90 Å². The van der Waals surface area contributed by atoms with Crippen LogP contribution in [0, 0.1) is 11.8 Å². The number of benzene rings is 1. The number of halogens is 2. The van der Waals surface area contributed by atoms with Crippen molar-refractivity contribution < 1.29 is 9.53 Å². The first kappa shape index (κ1) is 14.5. The predicted octanol–water partition coefficient (Wildman–Crippen LogP) is 3.49. The second-order valence-electron chi connectivity index (χ2n) is 5.17. The van der Waals surface area contributed by atoms with Crippen molar-refractivity contribution in [3.8, 4) is 5.75 Å². The van der Waals surface area contributed by atoms with Crippen LogP contribution in [-0.4, -0.2) is 30.5 Å². The van der Waals surface area contributed by atoms with Crippen molar-refractivity contribution in [2.75, 3.05) is 19.7 Å². The molecule has 0 bridgehead atoms. The van der Waals surface area contributed by atoms with Gasteiger partial charge in [0.25, 0.3) is 5.91 Å². The Morgan fingerprint density at radius 1 is 1.42 bits per heavy atom. The van der Waals surface area contributed by atoms with E-state index in [1.165, 1.54) is 0 Å². The number of ether oxygens (including phenoxy) is 1. The molecule has 0 spiro atoms. The molecule has 2 rings (SSSR count). The largest absolute Gasteiger partial charge is 0.482 e. The Labute approximate surface area is 123 Å². The number of hydrogen-bond donors (Lipinski definition) is 0. The molecule has 1 aromatic rings. The molecule has 1 saturated heterocycles. The lowest BCUT2D eigenvalue weighted by Crippen LogP contribution is -2.53. The van der Waals surface area contributed by atoms with E-state index in [4.69, 9.17) is 27.9 Å². The van der Waals surface area contributed by atoms with Crippen LogP contribution in [0.1, 0.15) is 13.8 Å². The second-order valence-corrected chi connectivity index (χ2v) is 6.01. The zero-order valence-electron chi connectivity index (χ0n) is 11.0. The molecule has 0 saturated carbocycles. The zero-order chi connectivity index (χ0) is 14.0. The van der Waals surface area contributed by atoms with Crippen LogP contribution in [0.5, 0.6) is 5.75 Å². The average molecular weight is 302 g/mol. The molecule has 1 heterocycles. The van der Waals surface area contributed by atoms with E-state index in [1.807, 2.05) is 4.90 Å². The fourth-order valence-corrected chi connectivity index (χ4v) is 2.42. The monoisotopic (exact) mass is 301 g/mol. The number of nitrogens with zero attached hydrogens (tertiary/aromatic N) is 1. The molecule has 3 nitrogen and oxygen atoms in total. The van der Waals surface area contributed by atoms with Crippen LogP contribution in [-0.2, 0) is 4.79 Å². The number of carbonyl (C=O) groups excluding carboxylic acids is 1. The lowest BCUT2D eigenvalue weighted by Gasteiger charge is -2.41. The molecule has 0 radical (unpaired) electrons. The van der Waals surface area contributed by atoms with E-state index in [1.54, 1.807) is 18.2 Å². The van der Waals surface area contributed by atoms with E-state index < -0.39 is 0 Å². The summed E-state index contributed by atoms with van der Waals surface area (Å²) in [5.41, 5.74) is 0. The molecule has 1 amide bonds. The Morgan fingerprint density at radius 3 is 2.68 bits per heavy atom. The number of likely N-dealkylation sites (tertiary alicyclic amines) is 1. The highest BCUT2D eigenvalue weighted by Gasteiger charge is 2.32. The smallest absolute Gasteiger partial charge is 0.260 e. The van der Waals surface area contributed by atoms with Crippen molar-refractivity contribution in [2.45, 2.75) is 13.8 Å². The van der Waals surface area contributed by atoms with Crippen LogP contribution in [0.3, 0.4) is 0 Å². The van der Waals surface area contributed by atoms with Gasteiger partial charge in [0.2, 0.25) is 0 Å². The third-order valence-electron chi connectivity index (χ3n) is 3.45. The van der Waals surface area contributed by atoms with Crippen LogP contribution in [0.2, 0.25) is 10.0 Å². The molecule has 19 heavy (non-hydrogen) atoms. The fourth-order valence-electron chi connectivity index (χ4n) is 1.96. The van der Waals surface area contributed by atoms with Crippen LogP contribution in [0.4, 0.5) is 0 Å². The lowest BCUT2D eigenvalue weighted by atomic mass is 9.88. The van der Waals surface area contributed by atoms with Crippen molar-refractivity contribution in [3.63, 3.8) is 0 Å². The van der Waals surface area contributed by atoms with Gasteiger partial charge in [-0.3, -0.25) is 4.79 Å². The first-order chi connectivity index (χ1) is 8.97. The Morgan fingerprint density at radius 2 is 2.11 bits per heavy atom. The quantitative estimate of drug-likeness (QED) is 0.852. The van der Waals surface area contributed by atoms with Crippen LogP contribution in [0.25, 0.3) is 0 Å². The van der Waals surface area contributed by atoms with Gasteiger partial charge >= 0.3 is 0 Å². The molecule has 0 aromatic heterocycles. The van der Waals surface area contributed by atoms with Gasteiger partial charge in [-0.15, -0.1) is 0 Å². The van der Waals surface area contributed by atoms with Crippen molar-refractivity contribution in [2.24, 2.45) is 11.8 Å². The SMILES string of the molecule is CC(C)C1CN(C(=O)COc2ccc(Cl)cc2Cl)C1.